The number of likely N-dealkylation sites (tertiary alicyclic amines) is 1. The molecule has 5 atom stereocenters. The minimum atomic E-state index is -4.96. The van der Waals surface area contributed by atoms with Crippen molar-refractivity contribution in [2.24, 2.45) is 11.3 Å². The van der Waals surface area contributed by atoms with Crippen molar-refractivity contribution in [2.45, 2.75) is 57.2 Å². The van der Waals surface area contributed by atoms with Gasteiger partial charge in [0.25, 0.3) is 0 Å². The van der Waals surface area contributed by atoms with Crippen molar-refractivity contribution in [3.63, 3.8) is 0 Å². The summed E-state index contributed by atoms with van der Waals surface area (Å²) in [4.78, 5) is 14.0. The number of alkyl halides is 6. The molecule has 0 aliphatic carbocycles. The van der Waals surface area contributed by atoms with E-state index in [4.69, 9.17) is 9.47 Å². The van der Waals surface area contributed by atoms with Gasteiger partial charge >= 0.3 is 18.3 Å². The van der Waals surface area contributed by atoms with Crippen molar-refractivity contribution >= 4 is 5.97 Å². The maximum atomic E-state index is 13.5. The molecule has 2 heterocycles. The van der Waals surface area contributed by atoms with E-state index in [0.717, 1.165) is 12.0 Å². The molecule has 220 valence electrons. The van der Waals surface area contributed by atoms with Gasteiger partial charge in [0.2, 0.25) is 0 Å². The van der Waals surface area contributed by atoms with Crippen LogP contribution in [0.2, 0.25) is 0 Å². The largest absolute Gasteiger partial charge is 0.481 e. The lowest BCUT2D eigenvalue weighted by atomic mass is 9.78. The summed E-state index contributed by atoms with van der Waals surface area (Å²) in [5.74, 6) is -1.27. The third-order valence-electron chi connectivity index (χ3n) is 7.95. The first-order chi connectivity index (χ1) is 18.7. The average Bonchev–Trinajstić information content (AvgIpc) is 2.88. The zero-order valence-electron chi connectivity index (χ0n) is 22.3. The third kappa shape index (κ3) is 6.98. The summed E-state index contributed by atoms with van der Waals surface area (Å²) in [5.41, 5.74) is -2.98. The van der Waals surface area contributed by atoms with E-state index in [1.165, 1.54) is 6.92 Å². The minimum absolute atomic E-state index is 0.103. The molecule has 2 aliphatic heterocycles. The summed E-state index contributed by atoms with van der Waals surface area (Å²) in [7, 11) is 0. The number of piperidine rings is 1. The van der Waals surface area contributed by atoms with E-state index in [1.807, 2.05) is 30.3 Å². The molecule has 1 N–H and O–H groups in total. The molecule has 0 unspecified atom stereocenters. The molecule has 2 saturated heterocycles. The Morgan fingerprint density at radius 1 is 1.07 bits per heavy atom. The first-order valence-electron chi connectivity index (χ1n) is 13.2. The molecule has 4 rings (SSSR count). The lowest BCUT2D eigenvalue weighted by molar-refractivity contribution is -0.152. The molecule has 2 aliphatic rings. The molecule has 0 spiro atoms. The maximum absolute atomic E-state index is 13.5. The summed E-state index contributed by atoms with van der Waals surface area (Å²) >= 11 is 0. The predicted octanol–water partition coefficient (Wildman–Crippen LogP) is 6.79. The maximum Gasteiger partial charge on any atom is 0.416 e. The van der Waals surface area contributed by atoms with Gasteiger partial charge in [0.05, 0.1) is 42.0 Å². The highest BCUT2D eigenvalue weighted by Crippen LogP contribution is 2.41. The van der Waals surface area contributed by atoms with Gasteiger partial charge in [0, 0.05) is 24.9 Å². The van der Waals surface area contributed by atoms with Gasteiger partial charge in [-0.3, -0.25) is 4.79 Å². The molecule has 0 amide bonds. The van der Waals surface area contributed by atoms with Crippen molar-refractivity contribution in [3.05, 3.63) is 70.8 Å². The lowest BCUT2D eigenvalue weighted by Gasteiger charge is -2.44. The fraction of sp³-hybridized carbons (Fsp3) is 0.552. The highest BCUT2D eigenvalue weighted by atomic mass is 19.4. The summed E-state index contributed by atoms with van der Waals surface area (Å²) in [6, 6.07) is 10.9. The Labute approximate surface area is 229 Å². The van der Waals surface area contributed by atoms with Crippen LogP contribution in [0.15, 0.2) is 48.5 Å². The molecule has 0 bridgehead atoms. The zero-order chi connectivity index (χ0) is 29.3. The highest BCUT2D eigenvalue weighted by Gasteiger charge is 2.43. The number of halogens is 6. The van der Waals surface area contributed by atoms with Crippen LogP contribution in [-0.4, -0.2) is 54.9 Å². The summed E-state index contributed by atoms with van der Waals surface area (Å²) < 4.78 is 92.8. The number of carboxylic acid groups (broad SMARTS) is 1. The molecule has 0 saturated carbocycles. The van der Waals surface area contributed by atoms with Crippen LogP contribution in [0, 0.1) is 11.3 Å². The monoisotopic (exact) mass is 573 g/mol. The molecule has 0 aromatic heterocycles. The normalized spacial score (nSPS) is 27.4. The van der Waals surface area contributed by atoms with Gasteiger partial charge < -0.3 is 19.5 Å². The molecular formula is C29H33F6NO4. The third-order valence-corrected chi connectivity index (χ3v) is 7.95. The summed E-state index contributed by atoms with van der Waals surface area (Å²) in [5, 5.41) is 9.73. The Balaban J connectivity index is 1.61. The summed E-state index contributed by atoms with van der Waals surface area (Å²) in [6.07, 6.45) is -10.4. The predicted molar refractivity (Wildman–Crippen MR) is 135 cm³/mol. The number of carbonyl (C=O) groups is 1. The van der Waals surface area contributed by atoms with Crippen LogP contribution in [0.5, 0.6) is 0 Å². The van der Waals surface area contributed by atoms with Crippen LogP contribution in [0.3, 0.4) is 0 Å². The first kappa shape index (κ1) is 30.3. The van der Waals surface area contributed by atoms with Gasteiger partial charge in [0.15, 0.2) is 0 Å². The molecular weight excluding hydrogens is 540 g/mol. The van der Waals surface area contributed by atoms with Crippen molar-refractivity contribution in [1.82, 2.24) is 4.90 Å². The van der Waals surface area contributed by atoms with Gasteiger partial charge in [0.1, 0.15) is 0 Å². The Hall–Kier alpha value is -2.63. The molecule has 2 fully saturated rings. The lowest BCUT2D eigenvalue weighted by Crippen LogP contribution is -2.50. The Morgan fingerprint density at radius 3 is 2.27 bits per heavy atom. The molecule has 11 heteroatoms. The summed E-state index contributed by atoms with van der Waals surface area (Å²) in [6.45, 7) is 5.22. The second kappa shape index (κ2) is 11.7. The van der Waals surface area contributed by atoms with E-state index in [9.17, 15) is 36.2 Å². The molecule has 0 radical (unpaired) electrons. The quantitative estimate of drug-likeness (QED) is 0.370. The molecule has 5 nitrogen and oxygen atoms in total. The topological polar surface area (TPSA) is 59.0 Å². The van der Waals surface area contributed by atoms with Crippen LogP contribution in [0.1, 0.15) is 61.0 Å². The van der Waals surface area contributed by atoms with Crippen LogP contribution < -0.4 is 0 Å². The second-order valence-corrected chi connectivity index (χ2v) is 11.1. The number of aliphatic carboxylic acids is 1. The van der Waals surface area contributed by atoms with Crippen molar-refractivity contribution in [2.75, 3.05) is 32.8 Å². The Kier molecular flexibility index (Phi) is 8.87. The molecule has 40 heavy (non-hydrogen) atoms. The van der Waals surface area contributed by atoms with E-state index in [-0.39, 0.29) is 30.1 Å². The fourth-order valence-corrected chi connectivity index (χ4v) is 5.86. The Morgan fingerprint density at radius 2 is 1.70 bits per heavy atom. The van der Waals surface area contributed by atoms with E-state index in [2.05, 4.69) is 4.90 Å². The van der Waals surface area contributed by atoms with E-state index in [1.54, 1.807) is 6.92 Å². The number of rotatable bonds is 7. The van der Waals surface area contributed by atoms with E-state index in [0.29, 0.717) is 44.8 Å². The first-order valence-corrected chi connectivity index (χ1v) is 13.2. The van der Waals surface area contributed by atoms with Crippen LogP contribution >= 0.6 is 0 Å². The standard InChI is InChI=1S/C29H33F6NO4/c1-18(20-11-22(28(30,31)32)13-23(12-20)29(33,34)35)40-24-16-39-15-21(25(24)19-7-4-3-5-8-19)14-36-10-6-9-27(2,17-36)26(37)38/h3-5,7-8,11-13,18,21,24-25H,6,9-10,14-17H2,1-2H3,(H,37,38)/t18-,21+,24-,25-,27-/m1/s1. The minimum Gasteiger partial charge on any atom is -0.481 e. The smallest absolute Gasteiger partial charge is 0.416 e. The van der Waals surface area contributed by atoms with Gasteiger partial charge in [-0.25, -0.2) is 0 Å². The number of hydrogen-bond acceptors (Lipinski definition) is 4. The van der Waals surface area contributed by atoms with Gasteiger partial charge in [-0.15, -0.1) is 0 Å². The van der Waals surface area contributed by atoms with Gasteiger partial charge in [-0.05, 0) is 62.6 Å². The number of carboxylic acids is 1. The number of hydrogen-bond donors (Lipinski definition) is 1. The fourth-order valence-electron chi connectivity index (χ4n) is 5.86. The number of nitrogens with zero attached hydrogens (tertiary/aromatic N) is 1. The molecule has 2 aromatic rings. The molecule has 2 aromatic carbocycles. The van der Waals surface area contributed by atoms with E-state index >= 15 is 0 Å². The van der Waals surface area contributed by atoms with Crippen LogP contribution in [0.4, 0.5) is 26.3 Å². The van der Waals surface area contributed by atoms with Crippen molar-refractivity contribution < 1.29 is 45.7 Å². The van der Waals surface area contributed by atoms with E-state index < -0.39 is 47.1 Å². The highest BCUT2D eigenvalue weighted by molar-refractivity contribution is 5.74. The van der Waals surface area contributed by atoms with Crippen LogP contribution in [-0.2, 0) is 26.6 Å². The zero-order valence-corrected chi connectivity index (χ0v) is 22.3. The SMILES string of the molecule is C[C@@H](O[C@@H]1COC[C@H](CN2CCC[C@@](C)(C(=O)O)C2)[C@H]1c1ccccc1)c1cc(C(F)(F)F)cc(C(F)(F)F)c1. The number of ether oxygens (including phenoxy) is 2. The number of benzene rings is 2. The van der Waals surface area contributed by atoms with Gasteiger partial charge in [-0.2, -0.15) is 26.3 Å². The van der Waals surface area contributed by atoms with Gasteiger partial charge in [-0.1, -0.05) is 30.3 Å². The average molecular weight is 574 g/mol. The second-order valence-electron chi connectivity index (χ2n) is 11.1. The van der Waals surface area contributed by atoms with Crippen LogP contribution in [0.25, 0.3) is 0 Å². The van der Waals surface area contributed by atoms with Crippen molar-refractivity contribution in [3.8, 4) is 0 Å². The Bertz CT molecular complexity index is 1140. The van der Waals surface area contributed by atoms with Crippen molar-refractivity contribution in [1.29, 1.82) is 0 Å².